The number of hydrogen-bond donors (Lipinski definition) is 0. The number of rotatable bonds is 1. The molecule has 0 bridgehead atoms. The second-order valence-corrected chi connectivity index (χ2v) is 6.25. The molecule has 0 heterocycles. The van der Waals surface area contributed by atoms with Crippen LogP contribution in [0, 0.1) is 0 Å². The van der Waals surface area contributed by atoms with Crippen molar-refractivity contribution < 1.29 is 26.9 Å². The molecule has 0 fully saturated rings. The summed E-state index contributed by atoms with van der Waals surface area (Å²) in [6.07, 6.45) is -4.50. The fourth-order valence-corrected chi connectivity index (χ4v) is 1.46. The Morgan fingerprint density at radius 3 is 2.21 bits per heavy atom. The van der Waals surface area contributed by atoms with Crippen LogP contribution in [0.1, 0.15) is 15.9 Å². The largest absolute Gasteiger partial charge is 0.465 e. The Hall–Kier alpha value is -0.310. The lowest BCUT2D eigenvalue weighted by Crippen LogP contribution is -2.09. The molecular weight excluding hydrogens is 396 g/mol. The van der Waals surface area contributed by atoms with Gasteiger partial charge in [-0.15, -0.1) is 0 Å². The third-order valence-electron chi connectivity index (χ3n) is 1.69. The number of carbonyl (C=O) groups is 1. The van der Waals surface area contributed by atoms with E-state index in [1.165, 1.54) is 6.07 Å². The molecule has 1 aromatic rings. The zero-order valence-corrected chi connectivity index (χ0v) is 13.0. The molecule has 0 saturated heterocycles. The van der Waals surface area contributed by atoms with Crippen molar-refractivity contribution in [2.24, 2.45) is 0 Å². The van der Waals surface area contributed by atoms with Crippen molar-refractivity contribution >= 4 is 52.5 Å². The first-order valence-electron chi connectivity index (χ1n) is 4.29. The zero-order chi connectivity index (χ0) is 15.2. The molecule has 0 aliphatic heterocycles. The van der Waals surface area contributed by atoms with E-state index in [1.807, 2.05) is 0 Å². The van der Waals surface area contributed by atoms with E-state index in [0.29, 0.717) is 0 Å². The molecule has 0 aliphatic rings. The molecule has 0 amide bonds. The van der Waals surface area contributed by atoms with Gasteiger partial charge in [0.15, 0.2) is 0 Å². The number of alkyl halides is 3. The lowest BCUT2D eigenvalue weighted by molar-refractivity contribution is -0.138. The first kappa shape index (κ1) is 18.7. The van der Waals surface area contributed by atoms with Crippen LogP contribution in [0.3, 0.4) is 0 Å². The van der Waals surface area contributed by atoms with Gasteiger partial charge in [-0.3, -0.25) is 0 Å². The summed E-state index contributed by atoms with van der Waals surface area (Å²) >= 11 is 2.77. The van der Waals surface area contributed by atoms with E-state index in [4.69, 9.17) is 4.21 Å². The highest BCUT2D eigenvalue weighted by molar-refractivity contribution is 9.10. The highest BCUT2D eigenvalue weighted by Crippen LogP contribution is 2.35. The quantitative estimate of drug-likeness (QED) is 0.520. The summed E-state index contributed by atoms with van der Waals surface area (Å²) in [5, 5.41) is 0. The van der Waals surface area contributed by atoms with Crippen LogP contribution in [-0.4, -0.2) is 17.3 Å². The molecule has 0 N–H and O–H groups in total. The molecule has 0 spiro atoms. The fraction of sp³-hybridized carbons (Fsp3) is 0.222. The molecular formula is C9H6BrCl2F3O3S. The molecule has 0 unspecified atom stereocenters. The number of halogens is 6. The predicted octanol–water partition coefficient (Wildman–Crippen LogP) is 4.30. The number of methoxy groups -OCH3 is 1. The van der Waals surface area contributed by atoms with Crippen LogP contribution in [0.15, 0.2) is 22.7 Å². The lowest BCUT2D eigenvalue weighted by atomic mass is 10.1. The Balaban J connectivity index is 0.000000711. The SMILES string of the molecule is COC(=O)c1ccc(Br)c(C(F)(F)F)c1.O=S(Cl)Cl. The summed E-state index contributed by atoms with van der Waals surface area (Å²) in [4.78, 5) is 11.0. The molecule has 0 aromatic heterocycles. The smallest absolute Gasteiger partial charge is 0.417 e. The number of carbonyl (C=O) groups excluding carboxylic acids is 1. The summed E-state index contributed by atoms with van der Waals surface area (Å²) in [5.41, 5.74) is -1.03. The van der Waals surface area contributed by atoms with Gasteiger partial charge >= 0.3 is 12.1 Å². The minimum atomic E-state index is -4.50. The Morgan fingerprint density at radius 1 is 1.37 bits per heavy atom. The highest BCUT2D eigenvalue weighted by Gasteiger charge is 2.33. The predicted molar refractivity (Wildman–Crippen MR) is 70.3 cm³/mol. The van der Waals surface area contributed by atoms with Crippen LogP contribution >= 0.6 is 37.3 Å². The van der Waals surface area contributed by atoms with Gasteiger partial charge in [0, 0.05) is 25.8 Å². The molecule has 1 aromatic carbocycles. The second-order valence-electron chi connectivity index (χ2n) is 2.87. The molecule has 0 aliphatic carbocycles. The van der Waals surface area contributed by atoms with Crippen molar-refractivity contribution in [1.29, 1.82) is 0 Å². The number of hydrogen-bond acceptors (Lipinski definition) is 3. The number of ether oxygens (including phenoxy) is 1. The average Bonchev–Trinajstić information content (AvgIpc) is 2.26. The first-order valence-corrected chi connectivity index (χ1v) is 7.88. The summed E-state index contributed by atoms with van der Waals surface area (Å²) in [5.74, 6) is -0.798. The van der Waals surface area contributed by atoms with E-state index < -0.39 is 26.9 Å². The monoisotopic (exact) mass is 400 g/mol. The van der Waals surface area contributed by atoms with Crippen LogP contribution in [0.2, 0.25) is 0 Å². The Labute approximate surface area is 126 Å². The van der Waals surface area contributed by atoms with Crippen LogP contribution < -0.4 is 0 Å². The average molecular weight is 402 g/mol. The summed E-state index contributed by atoms with van der Waals surface area (Å²) < 4.78 is 50.5. The van der Waals surface area contributed by atoms with Gasteiger partial charge in [-0.05, 0) is 18.2 Å². The van der Waals surface area contributed by atoms with Crippen molar-refractivity contribution in [3.05, 3.63) is 33.8 Å². The minimum Gasteiger partial charge on any atom is -0.465 e. The van der Waals surface area contributed by atoms with Crippen molar-refractivity contribution in [1.82, 2.24) is 0 Å². The van der Waals surface area contributed by atoms with E-state index in [2.05, 4.69) is 42.0 Å². The third-order valence-corrected chi connectivity index (χ3v) is 2.38. The topological polar surface area (TPSA) is 43.4 Å². The Bertz CT molecular complexity index is 478. The van der Waals surface area contributed by atoms with Crippen LogP contribution in [0.4, 0.5) is 13.2 Å². The van der Waals surface area contributed by atoms with Gasteiger partial charge in [-0.25, -0.2) is 9.00 Å². The maximum absolute atomic E-state index is 12.4. The maximum Gasteiger partial charge on any atom is 0.417 e. The molecule has 3 nitrogen and oxygen atoms in total. The van der Waals surface area contributed by atoms with Crippen LogP contribution in [0.25, 0.3) is 0 Å². The molecule has 0 atom stereocenters. The van der Waals surface area contributed by atoms with Crippen LogP contribution in [-0.2, 0) is 20.1 Å². The van der Waals surface area contributed by atoms with Gasteiger partial charge < -0.3 is 4.74 Å². The van der Waals surface area contributed by atoms with E-state index in [9.17, 15) is 18.0 Å². The van der Waals surface area contributed by atoms with Gasteiger partial charge in [0.2, 0.25) is 9.23 Å². The van der Waals surface area contributed by atoms with Gasteiger partial charge in [-0.2, -0.15) is 13.2 Å². The maximum atomic E-state index is 12.4. The molecule has 0 saturated carbocycles. The van der Waals surface area contributed by atoms with E-state index >= 15 is 0 Å². The minimum absolute atomic E-state index is 0.109. The van der Waals surface area contributed by atoms with E-state index in [0.717, 1.165) is 19.2 Å². The van der Waals surface area contributed by atoms with E-state index in [-0.39, 0.29) is 10.0 Å². The van der Waals surface area contributed by atoms with Gasteiger partial charge in [0.05, 0.1) is 18.2 Å². The number of benzene rings is 1. The van der Waals surface area contributed by atoms with Gasteiger partial charge in [0.25, 0.3) is 0 Å². The lowest BCUT2D eigenvalue weighted by Gasteiger charge is -2.10. The Kier molecular flexibility index (Phi) is 7.95. The molecule has 108 valence electrons. The highest BCUT2D eigenvalue weighted by atomic mass is 79.9. The summed E-state index contributed by atoms with van der Waals surface area (Å²) in [6.45, 7) is 0. The standard InChI is InChI=1S/C9H6BrF3O2.Cl2OS/c1-15-8(14)5-2-3-7(10)6(4-5)9(11,12)13;1-4(2)3/h2-4H,1H3;. The molecule has 19 heavy (non-hydrogen) atoms. The zero-order valence-electron chi connectivity index (χ0n) is 9.13. The van der Waals surface area contributed by atoms with Gasteiger partial charge in [0.1, 0.15) is 0 Å². The van der Waals surface area contributed by atoms with Crippen molar-refractivity contribution in [2.75, 3.05) is 7.11 Å². The van der Waals surface area contributed by atoms with Crippen LogP contribution in [0.5, 0.6) is 0 Å². The second kappa shape index (κ2) is 8.08. The van der Waals surface area contributed by atoms with Crippen molar-refractivity contribution in [2.45, 2.75) is 6.18 Å². The van der Waals surface area contributed by atoms with Crippen molar-refractivity contribution in [3.63, 3.8) is 0 Å². The molecule has 1 rings (SSSR count). The fourth-order valence-electron chi connectivity index (χ4n) is 0.987. The normalized spacial score (nSPS) is 10.7. The number of esters is 1. The summed E-state index contributed by atoms with van der Waals surface area (Å²) in [7, 11) is 8.47. The third kappa shape index (κ3) is 7.14. The summed E-state index contributed by atoms with van der Waals surface area (Å²) in [6, 6.07) is 3.16. The van der Waals surface area contributed by atoms with Gasteiger partial charge in [-0.1, -0.05) is 15.9 Å². The first-order chi connectivity index (χ1) is 8.59. The molecule has 0 radical (unpaired) electrons. The van der Waals surface area contributed by atoms with E-state index in [1.54, 1.807) is 0 Å². The Morgan fingerprint density at radius 2 is 1.84 bits per heavy atom. The van der Waals surface area contributed by atoms with Crippen molar-refractivity contribution in [3.8, 4) is 0 Å². The molecule has 10 heteroatoms.